The Morgan fingerprint density at radius 1 is 0.962 bits per heavy atom. The molecular weight excluding hydrogens is 339 g/mol. The maximum absolute atomic E-state index is 13.8. The van der Waals surface area contributed by atoms with Crippen molar-refractivity contribution >= 4 is 11.8 Å². The molecule has 3 atom stereocenters. The second-order valence-corrected chi connectivity index (χ2v) is 6.31. The van der Waals surface area contributed by atoms with Crippen molar-refractivity contribution in [2.45, 2.75) is 18.4 Å². The van der Waals surface area contributed by atoms with Gasteiger partial charge in [-0.3, -0.25) is 20.4 Å². The van der Waals surface area contributed by atoms with Gasteiger partial charge >= 0.3 is 0 Å². The maximum atomic E-state index is 13.8. The molecule has 1 aliphatic heterocycles. The van der Waals surface area contributed by atoms with Crippen LogP contribution in [0.25, 0.3) is 0 Å². The summed E-state index contributed by atoms with van der Waals surface area (Å²) in [5, 5.41) is 0. The predicted octanol–water partition coefficient (Wildman–Crippen LogP) is 1.92. The quantitative estimate of drug-likeness (QED) is 0.824. The van der Waals surface area contributed by atoms with Crippen LogP contribution in [0.1, 0.15) is 17.9 Å². The minimum atomic E-state index is -0.855. The molecule has 2 aliphatic rings. The number of amides is 2. The van der Waals surface area contributed by atoms with Crippen molar-refractivity contribution < 1.29 is 23.5 Å². The molecule has 0 bridgehead atoms. The summed E-state index contributed by atoms with van der Waals surface area (Å²) in [7, 11) is 0. The molecule has 6 nitrogen and oxygen atoms in total. The summed E-state index contributed by atoms with van der Waals surface area (Å²) in [5.41, 5.74) is 5.27. The highest BCUT2D eigenvalue weighted by Crippen LogP contribution is 2.48. The van der Waals surface area contributed by atoms with E-state index in [-0.39, 0.29) is 30.2 Å². The lowest BCUT2D eigenvalue weighted by Crippen LogP contribution is -2.51. The largest absolute Gasteiger partial charge is 0.485 e. The summed E-state index contributed by atoms with van der Waals surface area (Å²) in [6.45, 7) is 0.0556. The Hall–Kier alpha value is -3.09. The minimum Gasteiger partial charge on any atom is -0.485 e. The van der Waals surface area contributed by atoms with Crippen LogP contribution in [0, 0.1) is 11.7 Å². The molecule has 3 unspecified atom stereocenters. The number of para-hydroxylation sites is 2. The van der Waals surface area contributed by atoms with Crippen LogP contribution in [0.3, 0.4) is 0 Å². The molecule has 7 heteroatoms. The molecule has 26 heavy (non-hydrogen) atoms. The van der Waals surface area contributed by atoms with Crippen molar-refractivity contribution in [3.63, 3.8) is 0 Å². The molecule has 4 rings (SSSR count). The van der Waals surface area contributed by atoms with Crippen LogP contribution in [-0.2, 0) is 9.59 Å². The normalized spacial score (nSPS) is 23.0. The summed E-state index contributed by atoms with van der Waals surface area (Å²) in [5.74, 6) is -0.619. The fourth-order valence-electron chi connectivity index (χ4n) is 3.05. The van der Waals surface area contributed by atoms with E-state index in [1.807, 2.05) is 6.07 Å². The number of hydrogen-bond acceptors (Lipinski definition) is 4. The van der Waals surface area contributed by atoms with Gasteiger partial charge in [-0.25, -0.2) is 4.39 Å². The summed E-state index contributed by atoms with van der Waals surface area (Å²) in [6, 6.07) is 13.5. The number of ether oxygens (including phenoxy) is 2. The number of nitrogens with one attached hydrogen (secondary N) is 2. The minimum absolute atomic E-state index is 0.0556. The number of carbonyl (C=O) groups is 2. The second kappa shape index (κ2) is 6.67. The van der Waals surface area contributed by atoms with Crippen LogP contribution in [-0.4, -0.2) is 24.5 Å². The van der Waals surface area contributed by atoms with Crippen molar-refractivity contribution in [3.8, 4) is 11.5 Å². The van der Waals surface area contributed by atoms with Crippen LogP contribution in [0.15, 0.2) is 48.5 Å². The summed E-state index contributed by atoms with van der Waals surface area (Å²) < 4.78 is 24.8. The van der Waals surface area contributed by atoms with Crippen molar-refractivity contribution in [1.82, 2.24) is 10.9 Å². The molecule has 1 fully saturated rings. The van der Waals surface area contributed by atoms with E-state index in [0.29, 0.717) is 23.5 Å². The molecule has 0 spiro atoms. The molecule has 1 saturated carbocycles. The molecule has 134 valence electrons. The van der Waals surface area contributed by atoms with Crippen molar-refractivity contribution in [2.24, 2.45) is 5.92 Å². The van der Waals surface area contributed by atoms with Crippen molar-refractivity contribution in [2.75, 3.05) is 6.61 Å². The zero-order valence-electron chi connectivity index (χ0n) is 13.8. The first-order valence-corrected chi connectivity index (χ1v) is 8.36. The smallest absolute Gasteiger partial charge is 0.283 e. The van der Waals surface area contributed by atoms with E-state index in [2.05, 4.69) is 10.9 Å². The lowest BCUT2D eigenvalue weighted by molar-refractivity contribution is -0.135. The Kier molecular flexibility index (Phi) is 4.20. The van der Waals surface area contributed by atoms with Gasteiger partial charge in [0.2, 0.25) is 12.0 Å². The third-order valence-corrected chi connectivity index (χ3v) is 4.54. The summed E-state index contributed by atoms with van der Waals surface area (Å²) in [6.07, 6.45) is -0.300. The van der Waals surface area contributed by atoms with Crippen LogP contribution < -0.4 is 20.3 Å². The van der Waals surface area contributed by atoms with E-state index < -0.39 is 12.0 Å². The molecular formula is C19H17FN2O4. The number of fused-ring (bicyclic) bond motifs is 1. The Morgan fingerprint density at radius 2 is 1.65 bits per heavy atom. The van der Waals surface area contributed by atoms with Gasteiger partial charge in [-0.1, -0.05) is 30.3 Å². The first-order chi connectivity index (χ1) is 12.6. The molecule has 0 aromatic heterocycles. The van der Waals surface area contributed by atoms with Crippen LogP contribution in [0.4, 0.5) is 4.39 Å². The van der Waals surface area contributed by atoms with Crippen LogP contribution >= 0.6 is 0 Å². The Balaban J connectivity index is 1.29. The average molecular weight is 356 g/mol. The molecule has 0 saturated heterocycles. The van der Waals surface area contributed by atoms with Gasteiger partial charge in [0.1, 0.15) is 12.4 Å². The first-order valence-electron chi connectivity index (χ1n) is 8.36. The number of hydrogen-bond donors (Lipinski definition) is 2. The van der Waals surface area contributed by atoms with Gasteiger partial charge in [-0.05, 0) is 36.1 Å². The van der Waals surface area contributed by atoms with E-state index in [1.54, 1.807) is 36.4 Å². The average Bonchev–Trinajstić information content (AvgIpc) is 3.46. The van der Waals surface area contributed by atoms with Crippen molar-refractivity contribution in [3.05, 3.63) is 59.9 Å². The predicted molar refractivity (Wildman–Crippen MR) is 89.9 cm³/mol. The second-order valence-electron chi connectivity index (χ2n) is 6.31. The molecule has 2 aromatic carbocycles. The lowest BCUT2D eigenvalue weighted by atomic mass is 10.1. The van der Waals surface area contributed by atoms with Gasteiger partial charge in [-0.15, -0.1) is 0 Å². The summed E-state index contributed by atoms with van der Waals surface area (Å²) in [4.78, 5) is 24.3. The Labute approximate surface area is 149 Å². The number of hydrazine groups is 1. The number of halogens is 1. The molecule has 2 N–H and O–H groups in total. The first kappa shape index (κ1) is 16.4. The number of carbonyl (C=O) groups excluding carboxylic acids is 2. The van der Waals surface area contributed by atoms with Gasteiger partial charge in [0.15, 0.2) is 11.5 Å². The van der Waals surface area contributed by atoms with Gasteiger partial charge in [0, 0.05) is 5.92 Å². The fraction of sp³-hybridized carbons (Fsp3) is 0.263. The highest BCUT2D eigenvalue weighted by atomic mass is 19.1. The standard InChI is InChI=1S/C19H17FN2O4/c20-14-6-2-1-5-11(14)12-9-13(12)18(23)21-22-19(24)17-10-25-15-7-3-4-8-16(15)26-17/h1-8,12-13,17H,9-10H2,(H,21,23)(H,22,24). The maximum Gasteiger partial charge on any atom is 0.283 e. The number of rotatable bonds is 3. The van der Waals surface area contributed by atoms with Gasteiger partial charge in [0.25, 0.3) is 5.91 Å². The zero-order chi connectivity index (χ0) is 18.1. The van der Waals surface area contributed by atoms with Crippen LogP contribution in [0.2, 0.25) is 0 Å². The monoisotopic (exact) mass is 356 g/mol. The third-order valence-electron chi connectivity index (χ3n) is 4.54. The highest BCUT2D eigenvalue weighted by Gasteiger charge is 2.45. The molecule has 2 aromatic rings. The lowest BCUT2D eigenvalue weighted by Gasteiger charge is -2.25. The van der Waals surface area contributed by atoms with E-state index in [1.165, 1.54) is 6.07 Å². The molecule has 2 amide bonds. The Bertz CT molecular complexity index is 857. The van der Waals surface area contributed by atoms with E-state index in [0.717, 1.165) is 0 Å². The molecule has 1 heterocycles. The van der Waals surface area contributed by atoms with E-state index in [4.69, 9.17) is 9.47 Å². The Morgan fingerprint density at radius 3 is 2.46 bits per heavy atom. The molecule has 1 aliphatic carbocycles. The number of benzene rings is 2. The van der Waals surface area contributed by atoms with E-state index >= 15 is 0 Å². The SMILES string of the molecule is O=C(NNC(=O)C1CC1c1ccccc1F)C1COc2ccccc2O1. The zero-order valence-corrected chi connectivity index (χ0v) is 13.8. The van der Waals surface area contributed by atoms with E-state index in [9.17, 15) is 14.0 Å². The van der Waals surface area contributed by atoms with Crippen LogP contribution in [0.5, 0.6) is 11.5 Å². The van der Waals surface area contributed by atoms with Gasteiger partial charge < -0.3 is 9.47 Å². The topological polar surface area (TPSA) is 76.7 Å². The van der Waals surface area contributed by atoms with Crippen molar-refractivity contribution in [1.29, 1.82) is 0 Å². The van der Waals surface area contributed by atoms with Gasteiger partial charge in [-0.2, -0.15) is 0 Å². The third kappa shape index (κ3) is 3.20. The highest BCUT2D eigenvalue weighted by molar-refractivity contribution is 5.87. The molecule has 0 radical (unpaired) electrons. The van der Waals surface area contributed by atoms with Gasteiger partial charge in [0.05, 0.1) is 0 Å². The fourth-order valence-corrected chi connectivity index (χ4v) is 3.05. The summed E-state index contributed by atoms with van der Waals surface area (Å²) >= 11 is 0.